The van der Waals surface area contributed by atoms with E-state index in [1.165, 1.54) is 0 Å². The molecule has 0 fully saturated rings. The lowest BCUT2D eigenvalue weighted by molar-refractivity contribution is -0.140. The van der Waals surface area contributed by atoms with Crippen molar-refractivity contribution in [3.63, 3.8) is 0 Å². The number of nitrogens with zero attached hydrogens (tertiary/aromatic N) is 2. The van der Waals surface area contributed by atoms with E-state index in [-0.39, 0.29) is 6.54 Å². The van der Waals surface area contributed by atoms with Crippen LogP contribution < -0.4 is 5.32 Å². The standard InChI is InChI=1S/C8H11N3O4/c1-5-10-7(15-11-5)2-3-9-6(12)4-8(13)14/h2-4H2,1H3,(H,9,12)(H,13,14). The molecule has 7 heteroatoms. The van der Waals surface area contributed by atoms with Crippen molar-refractivity contribution in [2.24, 2.45) is 0 Å². The van der Waals surface area contributed by atoms with Crippen LogP contribution in [0.1, 0.15) is 18.1 Å². The first-order valence-electron chi connectivity index (χ1n) is 4.35. The van der Waals surface area contributed by atoms with Gasteiger partial charge >= 0.3 is 5.97 Å². The van der Waals surface area contributed by atoms with Crippen molar-refractivity contribution in [2.45, 2.75) is 19.8 Å². The highest BCUT2D eigenvalue weighted by Gasteiger charge is 2.07. The molecule has 0 saturated heterocycles. The van der Waals surface area contributed by atoms with Crippen molar-refractivity contribution < 1.29 is 19.2 Å². The first kappa shape index (κ1) is 11.2. The van der Waals surface area contributed by atoms with Crippen LogP contribution in [-0.4, -0.2) is 33.7 Å². The first-order chi connectivity index (χ1) is 7.08. The van der Waals surface area contributed by atoms with Gasteiger partial charge in [-0.05, 0) is 6.92 Å². The second kappa shape index (κ2) is 5.08. The van der Waals surface area contributed by atoms with Crippen LogP contribution in [0.15, 0.2) is 4.52 Å². The van der Waals surface area contributed by atoms with Crippen molar-refractivity contribution in [3.05, 3.63) is 11.7 Å². The summed E-state index contributed by atoms with van der Waals surface area (Å²) < 4.78 is 4.80. The van der Waals surface area contributed by atoms with E-state index in [4.69, 9.17) is 9.63 Å². The summed E-state index contributed by atoms with van der Waals surface area (Å²) in [5.41, 5.74) is 0. The van der Waals surface area contributed by atoms with Gasteiger partial charge in [-0.3, -0.25) is 9.59 Å². The maximum absolute atomic E-state index is 10.9. The molecule has 0 saturated carbocycles. The molecule has 0 aliphatic rings. The SMILES string of the molecule is Cc1noc(CCNC(=O)CC(=O)O)n1. The molecule has 0 aliphatic heterocycles. The second-order valence-corrected chi connectivity index (χ2v) is 2.91. The van der Waals surface area contributed by atoms with Crippen molar-refractivity contribution in [1.82, 2.24) is 15.5 Å². The lowest BCUT2D eigenvalue weighted by Gasteiger charge is -1.99. The lowest BCUT2D eigenvalue weighted by Crippen LogP contribution is -2.27. The molecule has 0 spiro atoms. The lowest BCUT2D eigenvalue weighted by atomic mass is 10.3. The zero-order chi connectivity index (χ0) is 11.3. The molecule has 2 N–H and O–H groups in total. The van der Waals surface area contributed by atoms with Gasteiger partial charge in [0.05, 0.1) is 0 Å². The van der Waals surface area contributed by atoms with Crippen LogP contribution >= 0.6 is 0 Å². The molecule has 1 heterocycles. The third kappa shape index (κ3) is 4.21. The molecule has 0 bridgehead atoms. The van der Waals surface area contributed by atoms with Crippen molar-refractivity contribution >= 4 is 11.9 Å². The van der Waals surface area contributed by atoms with Crippen molar-refractivity contribution in [1.29, 1.82) is 0 Å². The minimum atomic E-state index is -1.15. The Hall–Kier alpha value is -1.92. The largest absolute Gasteiger partial charge is 0.481 e. The molecular formula is C8H11N3O4. The third-order valence-corrected chi connectivity index (χ3v) is 1.54. The van der Waals surface area contributed by atoms with E-state index in [2.05, 4.69) is 15.5 Å². The Labute approximate surface area is 85.5 Å². The quantitative estimate of drug-likeness (QED) is 0.639. The van der Waals surface area contributed by atoms with E-state index in [9.17, 15) is 9.59 Å². The molecule has 0 aliphatic carbocycles. The van der Waals surface area contributed by atoms with E-state index in [0.717, 1.165) is 0 Å². The zero-order valence-electron chi connectivity index (χ0n) is 8.19. The minimum Gasteiger partial charge on any atom is -0.481 e. The number of amides is 1. The van der Waals surface area contributed by atoms with Crippen LogP contribution in [0.25, 0.3) is 0 Å². The Bertz CT molecular complexity index is 361. The number of hydrogen-bond donors (Lipinski definition) is 2. The number of nitrogens with one attached hydrogen (secondary N) is 1. The average Bonchev–Trinajstić information content (AvgIpc) is 2.50. The Morgan fingerprint density at radius 3 is 2.80 bits per heavy atom. The molecule has 0 unspecified atom stereocenters. The molecule has 1 aromatic rings. The monoisotopic (exact) mass is 213 g/mol. The van der Waals surface area contributed by atoms with Gasteiger partial charge in [-0.15, -0.1) is 0 Å². The number of carboxylic acid groups (broad SMARTS) is 1. The summed E-state index contributed by atoms with van der Waals surface area (Å²) in [6.45, 7) is 1.98. The fourth-order valence-electron chi connectivity index (χ4n) is 0.950. The molecule has 0 aromatic carbocycles. The molecule has 1 amide bonds. The Morgan fingerprint density at radius 1 is 1.53 bits per heavy atom. The number of carbonyl (C=O) groups excluding carboxylic acids is 1. The predicted octanol–water partition coefficient (Wildman–Crippen LogP) is -0.489. The molecule has 82 valence electrons. The summed E-state index contributed by atoms with van der Waals surface area (Å²) in [5.74, 6) is -0.732. The summed E-state index contributed by atoms with van der Waals surface area (Å²) in [6, 6.07) is 0. The molecule has 15 heavy (non-hydrogen) atoms. The van der Waals surface area contributed by atoms with Gasteiger partial charge in [0, 0.05) is 13.0 Å². The zero-order valence-corrected chi connectivity index (χ0v) is 8.19. The maximum Gasteiger partial charge on any atom is 0.312 e. The Kier molecular flexibility index (Phi) is 3.78. The van der Waals surface area contributed by atoms with Gasteiger partial charge in [-0.2, -0.15) is 4.98 Å². The fourth-order valence-corrected chi connectivity index (χ4v) is 0.950. The van der Waals surface area contributed by atoms with Crippen LogP contribution in [0.4, 0.5) is 0 Å². The van der Waals surface area contributed by atoms with Gasteiger partial charge in [-0.1, -0.05) is 5.16 Å². The number of hydrogen-bond acceptors (Lipinski definition) is 5. The van der Waals surface area contributed by atoms with Crippen LogP contribution in [-0.2, 0) is 16.0 Å². The van der Waals surface area contributed by atoms with Gasteiger partial charge in [0.2, 0.25) is 11.8 Å². The van der Waals surface area contributed by atoms with E-state index in [1.54, 1.807) is 6.92 Å². The van der Waals surface area contributed by atoms with Crippen LogP contribution in [0.2, 0.25) is 0 Å². The molecule has 7 nitrogen and oxygen atoms in total. The average molecular weight is 213 g/mol. The summed E-state index contributed by atoms with van der Waals surface area (Å²) in [4.78, 5) is 25.0. The number of aromatic nitrogens is 2. The second-order valence-electron chi connectivity index (χ2n) is 2.91. The van der Waals surface area contributed by atoms with Crippen molar-refractivity contribution in [3.8, 4) is 0 Å². The van der Waals surface area contributed by atoms with E-state index in [0.29, 0.717) is 18.1 Å². The fraction of sp³-hybridized carbons (Fsp3) is 0.500. The minimum absolute atomic E-state index is 0.285. The highest BCUT2D eigenvalue weighted by Crippen LogP contribution is 1.95. The first-order valence-corrected chi connectivity index (χ1v) is 4.35. The topological polar surface area (TPSA) is 105 Å². The van der Waals surface area contributed by atoms with Gasteiger partial charge < -0.3 is 14.9 Å². The van der Waals surface area contributed by atoms with E-state index < -0.39 is 18.3 Å². The maximum atomic E-state index is 10.9. The Balaban J connectivity index is 2.22. The summed E-state index contributed by atoms with van der Waals surface area (Å²) in [5, 5.41) is 14.3. The molecule has 0 atom stereocenters. The van der Waals surface area contributed by atoms with Crippen LogP contribution in [0, 0.1) is 6.92 Å². The number of carbonyl (C=O) groups is 2. The van der Waals surface area contributed by atoms with Crippen molar-refractivity contribution in [2.75, 3.05) is 6.54 Å². The number of aryl methyl sites for hydroxylation is 1. The van der Waals surface area contributed by atoms with E-state index >= 15 is 0 Å². The predicted molar refractivity (Wildman–Crippen MR) is 48.0 cm³/mol. The molecule has 1 aromatic heterocycles. The summed E-state index contributed by atoms with van der Waals surface area (Å²) >= 11 is 0. The van der Waals surface area contributed by atoms with Crippen LogP contribution in [0.3, 0.4) is 0 Å². The third-order valence-electron chi connectivity index (χ3n) is 1.54. The van der Waals surface area contributed by atoms with E-state index in [1.807, 2.05) is 0 Å². The van der Waals surface area contributed by atoms with Crippen LogP contribution in [0.5, 0.6) is 0 Å². The van der Waals surface area contributed by atoms with Gasteiger partial charge in [0.25, 0.3) is 0 Å². The van der Waals surface area contributed by atoms with Gasteiger partial charge in [-0.25, -0.2) is 0 Å². The van der Waals surface area contributed by atoms with Gasteiger partial charge in [0.1, 0.15) is 6.42 Å². The molecule has 0 radical (unpaired) electrons. The van der Waals surface area contributed by atoms with Gasteiger partial charge in [0.15, 0.2) is 5.82 Å². The highest BCUT2D eigenvalue weighted by molar-refractivity contribution is 5.93. The molecule has 1 rings (SSSR count). The molecular weight excluding hydrogens is 202 g/mol. The number of carboxylic acids is 1. The Morgan fingerprint density at radius 2 is 2.27 bits per heavy atom. The smallest absolute Gasteiger partial charge is 0.312 e. The summed E-state index contributed by atoms with van der Waals surface area (Å²) in [7, 11) is 0. The summed E-state index contributed by atoms with van der Waals surface area (Å²) in [6.07, 6.45) is -0.130. The number of rotatable bonds is 5. The number of aliphatic carboxylic acids is 1. The highest BCUT2D eigenvalue weighted by atomic mass is 16.5. The normalized spacial score (nSPS) is 9.93.